The third-order valence-electron chi connectivity index (χ3n) is 18.1. The average Bonchev–Trinajstić information content (AvgIpc) is 1.90. The number of ether oxygens (including phenoxy) is 4. The number of phosphoric ester groups is 2. The molecule has 17 nitrogen and oxygen atoms in total. The fraction of sp³-hybridized carbons (Fsp3) is 0.947. The predicted molar refractivity (Wildman–Crippen MR) is 381 cm³/mol. The smallest absolute Gasteiger partial charge is 0.462 e. The van der Waals surface area contributed by atoms with Crippen molar-refractivity contribution in [2.45, 2.75) is 401 Å². The average molecular weight is 1380 g/mol. The summed E-state index contributed by atoms with van der Waals surface area (Å²) in [6.45, 7) is 11.9. The van der Waals surface area contributed by atoms with E-state index >= 15 is 0 Å². The Balaban J connectivity index is 5.24. The summed E-state index contributed by atoms with van der Waals surface area (Å²) in [5.41, 5.74) is 0. The Morgan fingerprint density at radius 1 is 0.309 bits per heavy atom. The van der Waals surface area contributed by atoms with Gasteiger partial charge in [-0.05, 0) is 43.4 Å². The molecule has 4 unspecified atom stereocenters. The van der Waals surface area contributed by atoms with E-state index < -0.39 is 97.5 Å². The lowest BCUT2D eigenvalue weighted by molar-refractivity contribution is -0.161. The quantitative estimate of drug-likeness (QED) is 0.0222. The zero-order chi connectivity index (χ0) is 69.4. The zero-order valence-corrected chi connectivity index (χ0v) is 63.2. The lowest BCUT2D eigenvalue weighted by Crippen LogP contribution is -2.30. The van der Waals surface area contributed by atoms with Gasteiger partial charge in [-0.3, -0.25) is 37.3 Å². The Labute approximate surface area is 575 Å². The summed E-state index contributed by atoms with van der Waals surface area (Å²) in [4.78, 5) is 72.7. The Hall–Kier alpha value is -1.94. The molecule has 0 saturated heterocycles. The first kappa shape index (κ1) is 92.1. The lowest BCUT2D eigenvalue weighted by atomic mass is 9.99. The molecule has 0 aromatic heterocycles. The van der Waals surface area contributed by atoms with Gasteiger partial charge in [0.25, 0.3) is 0 Å². The van der Waals surface area contributed by atoms with E-state index in [1.165, 1.54) is 186 Å². The van der Waals surface area contributed by atoms with Gasteiger partial charge in [0.1, 0.15) is 19.3 Å². The first-order chi connectivity index (χ1) is 45.3. The number of carbonyl (C=O) groups is 4. The number of carbonyl (C=O) groups excluding carboxylic acids is 4. The molecule has 0 heterocycles. The van der Waals surface area contributed by atoms with E-state index in [1.54, 1.807) is 0 Å². The molecule has 0 aliphatic heterocycles. The number of aliphatic hydroxyl groups excluding tert-OH is 1. The molecule has 0 fully saturated rings. The van der Waals surface area contributed by atoms with Gasteiger partial charge < -0.3 is 33.8 Å². The molecule has 0 bridgehead atoms. The van der Waals surface area contributed by atoms with Gasteiger partial charge in [0.05, 0.1) is 26.4 Å². The van der Waals surface area contributed by atoms with Crippen molar-refractivity contribution in [1.29, 1.82) is 0 Å². The highest BCUT2D eigenvalue weighted by molar-refractivity contribution is 7.47. The summed E-state index contributed by atoms with van der Waals surface area (Å²) in [5.74, 6) is 0.173. The number of hydrogen-bond acceptors (Lipinski definition) is 15. The van der Waals surface area contributed by atoms with Crippen LogP contribution in [0.15, 0.2) is 0 Å². The molecule has 0 aliphatic rings. The molecule has 0 aromatic carbocycles. The molecule has 0 rings (SSSR count). The van der Waals surface area contributed by atoms with Crippen LogP contribution < -0.4 is 0 Å². The van der Waals surface area contributed by atoms with Crippen LogP contribution >= 0.6 is 15.6 Å². The molecule has 7 atom stereocenters. The van der Waals surface area contributed by atoms with Gasteiger partial charge in [0, 0.05) is 25.7 Å². The molecule has 19 heteroatoms. The molecular weight excluding hydrogens is 1230 g/mol. The zero-order valence-electron chi connectivity index (χ0n) is 61.4. The van der Waals surface area contributed by atoms with Crippen LogP contribution in [0.5, 0.6) is 0 Å². The van der Waals surface area contributed by atoms with Crippen LogP contribution in [-0.4, -0.2) is 96.7 Å². The highest BCUT2D eigenvalue weighted by atomic mass is 31.2. The summed E-state index contributed by atoms with van der Waals surface area (Å²) in [5, 5.41) is 10.6. The maximum Gasteiger partial charge on any atom is 0.472 e. The molecule has 3 N–H and O–H groups in total. The lowest BCUT2D eigenvalue weighted by Gasteiger charge is -2.21. The van der Waals surface area contributed by atoms with Crippen molar-refractivity contribution in [2.75, 3.05) is 39.6 Å². The second-order valence-electron chi connectivity index (χ2n) is 28.0. The van der Waals surface area contributed by atoms with Crippen molar-refractivity contribution in [1.82, 2.24) is 0 Å². The van der Waals surface area contributed by atoms with Crippen molar-refractivity contribution >= 4 is 39.5 Å². The van der Waals surface area contributed by atoms with E-state index in [0.29, 0.717) is 31.6 Å². The van der Waals surface area contributed by atoms with Crippen molar-refractivity contribution in [3.8, 4) is 0 Å². The predicted octanol–water partition coefficient (Wildman–Crippen LogP) is 21.8. The van der Waals surface area contributed by atoms with E-state index in [-0.39, 0.29) is 25.7 Å². The van der Waals surface area contributed by atoms with Crippen LogP contribution in [0.4, 0.5) is 0 Å². The second-order valence-corrected chi connectivity index (χ2v) is 30.9. The summed E-state index contributed by atoms with van der Waals surface area (Å²) in [6.07, 6.45) is 51.4. The van der Waals surface area contributed by atoms with E-state index in [1.807, 2.05) is 0 Å². The number of esters is 4. The highest BCUT2D eigenvalue weighted by Crippen LogP contribution is 2.45. The number of unbranched alkanes of at least 4 members (excludes halogenated alkanes) is 39. The van der Waals surface area contributed by atoms with Crippen LogP contribution in [0.2, 0.25) is 0 Å². The molecule has 0 radical (unpaired) electrons. The Bertz CT molecular complexity index is 1840. The molecule has 94 heavy (non-hydrogen) atoms. The van der Waals surface area contributed by atoms with Gasteiger partial charge in [-0.1, -0.05) is 331 Å². The first-order valence-electron chi connectivity index (χ1n) is 38.9. The minimum absolute atomic E-state index is 0.104. The van der Waals surface area contributed by atoms with Crippen molar-refractivity contribution < 1.29 is 80.2 Å². The Morgan fingerprint density at radius 2 is 0.543 bits per heavy atom. The van der Waals surface area contributed by atoms with Crippen LogP contribution in [0.3, 0.4) is 0 Å². The van der Waals surface area contributed by atoms with Gasteiger partial charge in [-0.25, -0.2) is 9.13 Å². The molecule has 0 aromatic rings. The van der Waals surface area contributed by atoms with Gasteiger partial charge >= 0.3 is 39.5 Å². The number of hydrogen-bond donors (Lipinski definition) is 3. The topological polar surface area (TPSA) is 237 Å². The van der Waals surface area contributed by atoms with Crippen molar-refractivity contribution in [3.63, 3.8) is 0 Å². The molecule has 0 aliphatic carbocycles. The van der Waals surface area contributed by atoms with E-state index in [2.05, 4.69) is 48.5 Å². The maximum atomic E-state index is 13.1. The third-order valence-corrected chi connectivity index (χ3v) is 20.0. The maximum absolute atomic E-state index is 13.1. The minimum Gasteiger partial charge on any atom is -0.462 e. The fourth-order valence-corrected chi connectivity index (χ4v) is 12.9. The third kappa shape index (κ3) is 66.0. The second kappa shape index (κ2) is 65.7. The molecule has 0 saturated carbocycles. The Kier molecular flexibility index (Phi) is 64.3. The van der Waals surface area contributed by atoms with E-state index in [4.69, 9.17) is 37.0 Å². The largest absolute Gasteiger partial charge is 0.472 e. The first-order valence-corrected chi connectivity index (χ1v) is 41.9. The van der Waals surface area contributed by atoms with Gasteiger partial charge in [0.15, 0.2) is 12.2 Å². The molecule has 0 amide bonds. The summed E-state index contributed by atoms with van der Waals surface area (Å²) < 4.78 is 68.5. The standard InChI is InChI=1S/C75H146O17P2/c1-8-11-12-13-14-15-16-17-18-22-25-28-34-42-49-56-72(77)85-62-70(91-74(79)58-51-44-35-29-26-23-20-19-21-24-27-32-40-47-54-67(6)9-2)64-89-93(81,82)87-60-69(76)61-88-94(83,84)90-65-71(63-86-73(78)57-50-43-38-37-39-46-53-66(4)5)92-75(80)59-52-45-36-31-30-33-41-48-55-68(7)10-3/h66-71,76H,8-65H2,1-7H3,(H,81,82)(H,83,84)/t67?,68?,69-,70-,71-/m1/s1. The number of rotatable bonds is 73. The van der Waals surface area contributed by atoms with E-state index in [9.17, 15) is 43.2 Å². The minimum atomic E-state index is -4.96. The molecule has 558 valence electrons. The molecular formula is C75H146O17P2. The van der Waals surface area contributed by atoms with Crippen molar-refractivity contribution in [2.24, 2.45) is 17.8 Å². The SMILES string of the molecule is CCCCCCCCCCCCCCCCCC(=O)OC[C@H](COP(=O)(O)OC[C@@H](O)COP(=O)(O)OC[C@@H](COC(=O)CCCCCCCCC(C)C)OC(=O)CCCCCCCCCCC(C)CC)OC(=O)CCCCCCCCCCCCCCCCC(C)CC. The normalized spacial score (nSPS) is 14.7. The van der Waals surface area contributed by atoms with Gasteiger partial charge in [-0.15, -0.1) is 0 Å². The monoisotopic (exact) mass is 1380 g/mol. The fourth-order valence-electron chi connectivity index (χ4n) is 11.4. The summed E-state index contributed by atoms with van der Waals surface area (Å²) in [7, 11) is -9.91. The summed E-state index contributed by atoms with van der Waals surface area (Å²) in [6, 6.07) is 0. The summed E-state index contributed by atoms with van der Waals surface area (Å²) >= 11 is 0. The number of phosphoric acid groups is 2. The highest BCUT2D eigenvalue weighted by Gasteiger charge is 2.30. The van der Waals surface area contributed by atoms with Crippen LogP contribution in [0, 0.1) is 17.8 Å². The van der Waals surface area contributed by atoms with Crippen molar-refractivity contribution in [3.05, 3.63) is 0 Å². The van der Waals surface area contributed by atoms with E-state index in [0.717, 1.165) is 108 Å². The number of aliphatic hydroxyl groups is 1. The van der Waals surface area contributed by atoms with Crippen LogP contribution in [0.1, 0.15) is 382 Å². The Morgan fingerprint density at radius 3 is 0.809 bits per heavy atom. The van der Waals surface area contributed by atoms with Crippen LogP contribution in [-0.2, 0) is 65.4 Å². The van der Waals surface area contributed by atoms with Gasteiger partial charge in [-0.2, -0.15) is 0 Å². The molecule has 0 spiro atoms. The van der Waals surface area contributed by atoms with Gasteiger partial charge in [0.2, 0.25) is 0 Å². The van der Waals surface area contributed by atoms with Crippen LogP contribution in [0.25, 0.3) is 0 Å².